The van der Waals surface area contributed by atoms with Crippen LogP contribution in [0.5, 0.6) is 5.75 Å². The van der Waals surface area contributed by atoms with Gasteiger partial charge in [-0.3, -0.25) is 0 Å². The molecule has 0 saturated carbocycles. The Hall–Kier alpha value is -1.88. The molecule has 0 saturated heterocycles. The average Bonchev–Trinajstić information content (AvgIpc) is 2.85. The summed E-state index contributed by atoms with van der Waals surface area (Å²) in [7, 11) is 0. The van der Waals surface area contributed by atoms with Crippen molar-refractivity contribution in [3.8, 4) is 5.75 Å². The molecular weight excluding hydrogens is 216 g/mol. The second kappa shape index (κ2) is 6.00. The van der Waals surface area contributed by atoms with Gasteiger partial charge in [-0.05, 0) is 30.7 Å². The Balaban J connectivity index is 1.79. The fraction of sp³-hybridized carbons (Fsp3) is 0.333. The van der Waals surface area contributed by atoms with Gasteiger partial charge in [-0.25, -0.2) is 9.67 Å². The summed E-state index contributed by atoms with van der Waals surface area (Å²) in [6, 6.07) is 8.01. The number of benzene rings is 1. The van der Waals surface area contributed by atoms with E-state index in [0.717, 1.165) is 12.2 Å². The number of nitrogens with two attached hydrogens (primary N) is 1. The highest BCUT2D eigenvalue weighted by Crippen LogP contribution is 2.12. The van der Waals surface area contributed by atoms with Crippen LogP contribution >= 0.6 is 0 Å². The zero-order chi connectivity index (χ0) is 11.9. The van der Waals surface area contributed by atoms with Crippen molar-refractivity contribution < 1.29 is 4.74 Å². The highest BCUT2D eigenvalue weighted by molar-refractivity contribution is 5.27. The molecular formula is C12H16N4O. The number of hydrogen-bond acceptors (Lipinski definition) is 4. The Bertz CT molecular complexity index is 424. The fourth-order valence-corrected chi connectivity index (χ4v) is 1.52. The van der Waals surface area contributed by atoms with E-state index >= 15 is 0 Å². The number of ether oxygens (including phenoxy) is 1. The van der Waals surface area contributed by atoms with Crippen LogP contribution in [0.4, 0.5) is 0 Å². The summed E-state index contributed by atoms with van der Waals surface area (Å²) in [6.07, 6.45) is 4.09. The third kappa shape index (κ3) is 3.57. The third-order valence-electron chi connectivity index (χ3n) is 2.41. The van der Waals surface area contributed by atoms with Gasteiger partial charge in [0, 0.05) is 0 Å². The van der Waals surface area contributed by atoms with E-state index in [1.165, 1.54) is 11.9 Å². The molecule has 0 aliphatic rings. The lowest BCUT2D eigenvalue weighted by Crippen LogP contribution is -2.08. The molecule has 0 radical (unpaired) electrons. The van der Waals surface area contributed by atoms with Gasteiger partial charge in [-0.1, -0.05) is 12.1 Å². The Kier molecular flexibility index (Phi) is 4.10. The molecule has 1 aromatic carbocycles. The third-order valence-corrected chi connectivity index (χ3v) is 2.41. The van der Waals surface area contributed by atoms with Gasteiger partial charge in [-0.15, -0.1) is 0 Å². The summed E-state index contributed by atoms with van der Waals surface area (Å²) < 4.78 is 7.33. The van der Waals surface area contributed by atoms with Crippen LogP contribution < -0.4 is 10.5 Å². The van der Waals surface area contributed by atoms with Gasteiger partial charge in [0.1, 0.15) is 25.0 Å². The smallest absolute Gasteiger partial charge is 0.137 e. The molecule has 0 unspecified atom stereocenters. The molecule has 90 valence electrons. The lowest BCUT2D eigenvalue weighted by molar-refractivity contribution is 0.291. The van der Waals surface area contributed by atoms with Crippen molar-refractivity contribution in [2.24, 2.45) is 5.73 Å². The van der Waals surface area contributed by atoms with Gasteiger partial charge in [0.25, 0.3) is 0 Å². The molecule has 0 spiro atoms. The lowest BCUT2D eigenvalue weighted by atomic mass is 10.1. The number of nitrogens with zero attached hydrogens (tertiary/aromatic N) is 3. The maximum absolute atomic E-state index is 5.59. The van der Waals surface area contributed by atoms with Crippen molar-refractivity contribution >= 4 is 0 Å². The van der Waals surface area contributed by atoms with Gasteiger partial charge in [0.2, 0.25) is 0 Å². The summed E-state index contributed by atoms with van der Waals surface area (Å²) in [5.74, 6) is 0.867. The molecule has 1 heterocycles. The Labute approximate surface area is 100 Å². The van der Waals surface area contributed by atoms with Crippen molar-refractivity contribution in [1.29, 1.82) is 0 Å². The van der Waals surface area contributed by atoms with Crippen LogP contribution in [-0.4, -0.2) is 27.9 Å². The van der Waals surface area contributed by atoms with Gasteiger partial charge < -0.3 is 10.5 Å². The van der Waals surface area contributed by atoms with E-state index in [0.29, 0.717) is 19.7 Å². The van der Waals surface area contributed by atoms with Crippen molar-refractivity contribution in [1.82, 2.24) is 14.8 Å². The Morgan fingerprint density at radius 2 is 2.06 bits per heavy atom. The lowest BCUT2D eigenvalue weighted by Gasteiger charge is -2.06. The topological polar surface area (TPSA) is 66.0 Å². The van der Waals surface area contributed by atoms with Gasteiger partial charge in [0.15, 0.2) is 0 Å². The molecule has 0 aliphatic carbocycles. The first-order chi connectivity index (χ1) is 8.38. The second-order valence-electron chi connectivity index (χ2n) is 3.69. The molecule has 2 rings (SSSR count). The standard InChI is InChI=1S/C12H16N4O/c13-6-5-11-1-3-12(4-2-11)17-8-7-16-10-14-9-15-16/h1-4,9-10H,5-8,13H2. The minimum Gasteiger partial charge on any atom is -0.492 e. The second-order valence-corrected chi connectivity index (χ2v) is 3.69. The predicted molar refractivity (Wildman–Crippen MR) is 64.7 cm³/mol. The normalized spacial score (nSPS) is 10.4. The highest BCUT2D eigenvalue weighted by Gasteiger charge is 1.96. The molecule has 0 aliphatic heterocycles. The van der Waals surface area contributed by atoms with Crippen LogP contribution in [0.15, 0.2) is 36.9 Å². The monoisotopic (exact) mass is 232 g/mol. The molecule has 0 fully saturated rings. The van der Waals surface area contributed by atoms with Crippen molar-refractivity contribution in [2.75, 3.05) is 13.2 Å². The number of hydrogen-bond donors (Lipinski definition) is 1. The summed E-state index contributed by atoms with van der Waals surface area (Å²) in [4.78, 5) is 3.86. The van der Waals surface area contributed by atoms with E-state index in [2.05, 4.69) is 10.1 Å². The maximum atomic E-state index is 5.59. The molecule has 2 N–H and O–H groups in total. The Morgan fingerprint density at radius 1 is 1.24 bits per heavy atom. The summed E-state index contributed by atoms with van der Waals surface area (Å²) in [5, 5.41) is 4.00. The van der Waals surface area contributed by atoms with Gasteiger partial charge in [-0.2, -0.15) is 5.10 Å². The highest BCUT2D eigenvalue weighted by atomic mass is 16.5. The molecule has 17 heavy (non-hydrogen) atoms. The zero-order valence-electron chi connectivity index (χ0n) is 9.62. The largest absolute Gasteiger partial charge is 0.492 e. The molecule has 5 nitrogen and oxygen atoms in total. The van der Waals surface area contributed by atoms with E-state index in [9.17, 15) is 0 Å². The van der Waals surface area contributed by atoms with Gasteiger partial charge >= 0.3 is 0 Å². The molecule has 1 aromatic heterocycles. The molecule has 0 bridgehead atoms. The average molecular weight is 232 g/mol. The Morgan fingerprint density at radius 3 is 2.71 bits per heavy atom. The fourth-order valence-electron chi connectivity index (χ4n) is 1.52. The molecule has 0 atom stereocenters. The summed E-state index contributed by atoms with van der Waals surface area (Å²) >= 11 is 0. The van der Waals surface area contributed by atoms with Crippen molar-refractivity contribution in [3.05, 3.63) is 42.5 Å². The van der Waals surface area contributed by atoms with Crippen LogP contribution in [0.2, 0.25) is 0 Å². The van der Waals surface area contributed by atoms with E-state index in [4.69, 9.17) is 10.5 Å². The predicted octanol–water partition coefficient (Wildman–Crippen LogP) is 0.858. The van der Waals surface area contributed by atoms with Crippen LogP contribution in [0.25, 0.3) is 0 Å². The minimum atomic E-state index is 0.583. The van der Waals surface area contributed by atoms with Crippen LogP contribution in [0.1, 0.15) is 5.56 Å². The van der Waals surface area contributed by atoms with Gasteiger partial charge in [0.05, 0.1) is 6.54 Å². The first kappa shape index (κ1) is 11.6. The van der Waals surface area contributed by atoms with Crippen LogP contribution in [0, 0.1) is 0 Å². The summed E-state index contributed by atoms with van der Waals surface area (Å²) in [5.41, 5.74) is 6.72. The summed E-state index contributed by atoms with van der Waals surface area (Å²) in [6.45, 7) is 1.96. The first-order valence-electron chi connectivity index (χ1n) is 5.62. The molecule has 0 amide bonds. The van der Waals surface area contributed by atoms with Crippen LogP contribution in [-0.2, 0) is 13.0 Å². The van der Waals surface area contributed by atoms with E-state index in [-0.39, 0.29) is 0 Å². The van der Waals surface area contributed by atoms with Crippen molar-refractivity contribution in [3.63, 3.8) is 0 Å². The van der Waals surface area contributed by atoms with E-state index in [1.807, 2.05) is 24.3 Å². The zero-order valence-corrected chi connectivity index (χ0v) is 9.62. The van der Waals surface area contributed by atoms with E-state index < -0.39 is 0 Å². The maximum Gasteiger partial charge on any atom is 0.137 e. The SMILES string of the molecule is NCCc1ccc(OCCn2cncn2)cc1. The van der Waals surface area contributed by atoms with Crippen molar-refractivity contribution in [2.45, 2.75) is 13.0 Å². The van der Waals surface area contributed by atoms with E-state index in [1.54, 1.807) is 11.0 Å². The number of aromatic nitrogens is 3. The number of rotatable bonds is 6. The molecule has 5 heteroatoms. The van der Waals surface area contributed by atoms with Crippen LogP contribution in [0.3, 0.4) is 0 Å². The first-order valence-corrected chi connectivity index (χ1v) is 5.62. The minimum absolute atomic E-state index is 0.583. The quantitative estimate of drug-likeness (QED) is 0.802. The molecule has 2 aromatic rings.